The van der Waals surface area contributed by atoms with Crippen LogP contribution in [0.15, 0.2) is 22.0 Å². The van der Waals surface area contributed by atoms with Crippen molar-refractivity contribution in [3.63, 3.8) is 0 Å². The molecule has 2 aliphatic rings. The van der Waals surface area contributed by atoms with Gasteiger partial charge in [0.05, 0.1) is 5.69 Å². The van der Waals surface area contributed by atoms with Gasteiger partial charge in [-0.25, -0.2) is 9.97 Å². The molecule has 0 radical (unpaired) electrons. The standard InChI is InChI=1S/C20H25N5O3/c1-19(2,3)18-23-14-12(15(26)24-18)5-7-20(14)6-4-10-25(11-20)17(28)13-16(27)22-9-8-21-13/h8-9H,4-7,10-11H2,1-3H3,(H,22,27)(H,23,24,26). The largest absolute Gasteiger partial charge is 0.336 e. The number of likely N-dealkylation sites (tertiary alicyclic amines) is 1. The number of hydrogen-bond donors (Lipinski definition) is 2. The lowest BCUT2D eigenvalue weighted by molar-refractivity contribution is 0.0625. The molecule has 0 aromatic carbocycles. The van der Waals surface area contributed by atoms with Crippen molar-refractivity contribution >= 4 is 5.91 Å². The summed E-state index contributed by atoms with van der Waals surface area (Å²) in [5, 5.41) is 0. The van der Waals surface area contributed by atoms with Gasteiger partial charge in [-0.2, -0.15) is 0 Å². The van der Waals surface area contributed by atoms with Gasteiger partial charge in [-0.1, -0.05) is 20.8 Å². The lowest BCUT2D eigenvalue weighted by Gasteiger charge is -2.40. The zero-order chi connectivity index (χ0) is 20.1. The van der Waals surface area contributed by atoms with Gasteiger partial charge in [0.1, 0.15) is 5.82 Å². The van der Waals surface area contributed by atoms with Crippen molar-refractivity contribution in [3.05, 3.63) is 55.9 Å². The average Bonchev–Trinajstić information content (AvgIpc) is 2.99. The molecule has 8 nitrogen and oxygen atoms in total. The molecule has 2 aromatic rings. The summed E-state index contributed by atoms with van der Waals surface area (Å²) in [4.78, 5) is 53.5. The Morgan fingerprint density at radius 3 is 2.71 bits per heavy atom. The Bertz CT molecular complexity index is 1050. The van der Waals surface area contributed by atoms with E-state index in [2.05, 4.69) is 15.0 Å². The lowest BCUT2D eigenvalue weighted by atomic mass is 9.77. The molecule has 1 aliphatic heterocycles. The summed E-state index contributed by atoms with van der Waals surface area (Å²) in [6.07, 6.45) is 5.95. The minimum atomic E-state index is -0.483. The van der Waals surface area contributed by atoms with Crippen molar-refractivity contribution in [2.45, 2.75) is 57.3 Å². The molecule has 1 spiro atoms. The molecule has 1 atom stereocenters. The molecule has 2 N–H and O–H groups in total. The minimum Gasteiger partial charge on any atom is -0.336 e. The third-order valence-electron chi connectivity index (χ3n) is 5.86. The second kappa shape index (κ2) is 6.39. The Kier molecular flexibility index (Phi) is 4.24. The van der Waals surface area contributed by atoms with Crippen molar-refractivity contribution < 1.29 is 4.79 Å². The number of nitrogens with one attached hydrogen (secondary N) is 2. The molecule has 1 amide bonds. The number of piperidine rings is 1. The van der Waals surface area contributed by atoms with Crippen LogP contribution in [0.25, 0.3) is 0 Å². The Hall–Kier alpha value is -2.77. The van der Waals surface area contributed by atoms with E-state index in [1.165, 1.54) is 12.4 Å². The number of rotatable bonds is 1. The first kappa shape index (κ1) is 18.6. The van der Waals surface area contributed by atoms with E-state index in [9.17, 15) is 14.4 Å². The summed E-state index contributed by atoms with van der Waals surface area (Å²) in [7, 11) is 0. The monoisotopic (exact) mass is 383 g/mol. The number of aromatic nitrogens is 4. The summed E-state index contributed by atoms with van der Waals surface area (Å²) in [6, 6.07) is 0. The van der Waals surface area contributed by atoms with Gasteiger partial charge in [-0.05, 0) is 25.7 Å². The summed E-state index contributed by atoms with van der Waals surface area (Å²) in [5.41, 5.74) is 0.307. The zero-order valence-electron chi connectivity index (χ0n) is 16.5. The van der Waals surface area contributed by atoms with Crippen LogP contribution in [0.3, 0.4) is 0 Å². The van der Waals surface area contributed by atoms with E-state index in [-0.39, 0.29) is 28.0 Å². The van der Waals surface area contributed by atoms with Crippen LogP contribution in [0.1, 0.15) is 67.6 Å². The highest BCUT2D eigenvalue weighted by Crippen LogP contribution is 2.43. The molecule has 0 saturated carbocycles. The van der Waals surface area contributed by atoms with Gasteiger partial charge in [-0.15, -0.1) is 0 Å². The van der Waals surface area contributed by atoms with Crippen LogP contribution in [0, 0.1) is 0 Å². The first-order valence-electron chi connectivity index (χ1n) is 9.68. The van der Waals surface area contributed by atoms with Gasteiger partial charge >= 0.3 is 0 Å². The molecule has 28 heavy (non-hydrogen) atoms. The Morgan fingerprint density at radius 2 is 2.00 bits per heavy atom. The third-order valence-corrected chi connectivity index (χ3v) is 5.86. The van der Waals surface area contributed by atoms with E-state index in [0.717, 1.165) is 30.5 Å². The predicted molar refractivity (Wildman–Crippen MR) is 104 cm³/mol. The maximum Gasteiger partial charge on any atom is 0.279 e. The van der Waals surface area contributed by atoms with Crippen LogP contribution in [-0.4, -0.2) is 43.8 Å². The molecule has 148 valence electrons. The van der Waals surface area contributed by atoms with Gasteiger partial charge in [0.25, 0.3) is 17.0 Å². The number of H-pyrrole nitrogens is 2. The van der Waals surface area contributed by atoms with Crippen LogP contribution in [-0.2, 0) is 17.3 Å². The SMILES string of the molecule is CC(C)(C)c1nc2c(c(=O)[nH]1)CCC21CCCN(C(=O)c2ncc[nH]c2=O)C1. The fourth-order valence-electron chi connectivity index (χ4n) is 4.36. The zero-order valence-corrected chi connectivity index (χ0v) is 16.5. The number of hydrogen-bond acceptors (Lipinski definition) is 5. The Balaban J connectivity index is 1.72. The Morgan fingerprint density at radius 1 is 1.21 bits per heavy atom. The molecule has 4 rings (SSSR count). The normalized spacial score (nSPS) is 21.8. The first-order valence-corrected chi connectivity index (χ1v) is 9.68. The van der Waals surface area contributed by atoms with Crippen LogP contribution in [0.2, 0.25) is 0 Å². The molecule has 0 bridgehead atoms. The highest BCUT2D eigenvalue weighted by atomic mass is 16.2. The third kappa shape index (κ3) is 2.96. The second-order valence-electron chi connectivity index (χ2n) is 8.87. The fourth-order valence-corrected chi connectivity index (χ4v) is 4.36. The summed E-state index contributed by atoms with van der Waals surface area (Å²) < 4.78 is 0. The first-order chi connectivity index (χ1) is 13.2. The maximum atomic E-state index is 12.9. The van der Waals surface area contributed by atoms with Gasteiger partial charge < -0.3 is 14.9 Å². The number of aromatic amines is 2. The molecular formula is C20H25N5O3. The smallest absolute Gasteiger partial charge is 0.279 e. The van der Waals surface area contributed by atoms with Gasteiger partial charge in [0.15, 0.2) is 5.69 Å². The number of fused-ring (bicyclic) bond motifs is 2. The fraction of sp³-hybridized carbons (Fsp3) is 0.550. The van der Waals surface area contributed by atoms with Crippen molar-refractivity contribution in [2.75, 3.05) is 13.1 Å². The van der Waals surface area contributed by atoms with Crippen molar-refractivity contribution in [3.8, 4) is 0 Å². The van der Waals surface area contributed by atoms with Crippen LogP contribution >= 0.6 is 0 Å². The van der Waals surface area contributed by atoms with Crippen LogP contribution in [0.5, 0.6) is 0 Å². The van der Waals surface area contributed by atoms with Crippen LogP contribution in [0.4, 0.5) is 0 Å². The van der Waals surface area contributed by atoms with E-state index in [4.69, 9.17) is 4.98 Å². The number of amides is 1. The predicted octanol–water partition coefficient (Wildman–Crippen LogP) is 1.27. The highest BCUT2D eigenvalue weighted by molar-refractivity contribution is 5.92. The molecule has 1 fully saturated rings. The summed E-state index contributed by atoms with van der Waals surface area (Å²) in [5.74, 6) is 0.303. The van der Waals surface area contributed by atoms with E-state index in [1.54, 1.807) is 4.90 Å². The molecule has 8 heteroatoms. The summed E-state index contributed by atoms with van der Waals surface area (Å²) >= 11 is 0. The number of carbonyl (C=O) groups excluding carboxylic acids is 1. The minimum absolute atomic E-state index is 0.0728. The average molecular weight is 383 g/mol. The van der Waals surface area contributed by atoms with Gasteiger partial charge in [-0.3, -0.25) is 14.4 Å². The van der Waals surface area contributed by atoms with E-state index < -0.39 is 5.56 Å². The highest BCUT2D eigenvalue weighted by Gasteiger charge is 2.46. The van der Waals surface area contributed by atoms with Crippen molar-refractivity contribution in [1.82, 2.24) is 24.8 Å². The molecular weight excluding hydrogens is 358 g/mol. The molecule has 1 saturated heterocycles. The quantitative estimate of drug-likeness (QED) is 0.770. The van der Waals surface area contributed by atoms with E-state index in [0.29, 0.717) is 25.3 Å². The molecule has 2 aromatic heterocycles. The lowest BCUT2D eigenvalue weighted by Crippen LogP contribution is -2.49. The van der Waals surface area contributed by atoms with Crippen LogP contribution < -0.4 is 11.1 Å². The van der Waals surface area contributed by atoms with E-state index in [1.807, 2.05) is 20.8 Å². The topological polar surface area (TPSA) is 112 Å². The van der Waals surface area contributed by atoms with Crippen molar-refractivity contribution in [2.24, 2.45) is 0 Å². The van der Waals surface area contributed by atoms with E-state index >= 15 is 0 Å². The summed E-state index contributed by atoms with van der Waals surface area (Å²) in [6.45, 7) is 7.08. The molecule has 1 unspecified atom stereocenters. The Labute approximate surface area is 162 Å². The number of carbonyl (C=O) groups is 1. The second-order valence-corrected chi connectivity index (χ2v) is 8.87. The molecule has 1 aliphatic carbocycles. The maximum absolute atomic E-state index is 12.9. The number of nitrogens with zero attached hydrogens (tertiary/aromatic N) is 3. The van der Waals surface area contributed by atoms with Crippen molar-refractivity contribution in [1.29, 1.82) is 0 Å². The molecule has 3 heterocycles. The van der Waals surface area contributed by atoms with Gasteiger partial charge in [0, 0.05) is 41.9 Å². The van der Waals surface area contributed by atoms with Gasteiger partial charge in [0.2, 0.25) is 0 Å².